The molecule has 1 aliphatic heterocycles. The van der Waals surface area contributed by atoms with Gasteiger partial charge in [0.25, 0.3) is 0 Å². The van der Waals surface area contributed by atoms with Gasteiger partial charge in [0.2, 0.25) is 0 Å². The summed E-state index contributed by atoms with van der Waals surface area (Å²) in [6.45, 7) is 3.41. The largest absolute Gasteiger partial charge is 0.490 e. The van der Waals surface area contributed by atoms with Crippen LogP contribution in [0.25, 0.3) is 0 Å². The van der Waals surface area contributed by atoms with Crippen molar-refractivity contribution < 1.29 is 38.1 Å². The van der Waals surface area contributed by atoms with E-state index in [1.807, 2.05) is 0 Å². The molecule has 2 saturated carbocycles. The maximum atomic E-state index is 10.9. The highest BCUT2D eigenvalue weighted by atomic mass is 19.4. The minimum atomic E-state index is -5.08. The smallest absolute Gasteiger partial charge is 0.481 e. The van der Waals surface area contributed by atoms with E-state index in [2.05, 4.69) is 4.90 Å². The molecule has 0 bridgehead atoms. The van der Waals surface area contributed by atoms with Crippen LogP contribution in [0.4, 0.5) is 13.2 Å². The van der Waals surface area contributed by atoms with Crippen LogP contribution in [-0.2, 0) is 9.59 Å². The molecule has 0 spiro atoms. The molecule has 168 valence electrons. The summed E-state index contributed by atoms with van der Waals surface area (Å²) in [7, 11) is 0. The molecule has 9 heteroatoms. The fourth-order valence-electron chi connectivity index (χ4n) is 4.87. The first-order valence-corrected chi connectivity index (χ1v) is 10.5. The molecule has 1 heterocycles. The van der Waals surface area contributed by atoms with Gasteiger partial charge in [-0.05, 0) is 63.5 Å². The van der Waals surface area contributed by atoms with E-state index in [0.717, 1.165) is 31.8 Å². The van der Waals surface area contributed by atoms with Gasteiger partial charge in [-0.25, -0.2) is 4.79 Å². The molecule has 0 aromatic rings. The van der Waals surface area contributed by atoms with Crippen molar-refractivity contribution in [1.29, 1.82) is 0 Å². The normalized spacial score (nSPS) is 29.9. The summed E-state index contributed by atoms with van der Waals surface area (Å²) >= 11 is 0. The number of carbonyl (C=O) groups is 2. The molecule has 6 nitrogen and oxygen atoms in total. The number of likely N-dealkylation sites (tertiary alicyclic amines) is 1. The number of hydrogen-bond acceptors (Lipinski definition) is 4. The Morgan fingerprint density at radius 1 is 0.931 bits per heavy atom. The highest BCUT2D eigenvalue weighted by Gasteiger charge is 2.51. The van der Waals surface area contributed by atoms with Crippen LogP contribution < -0.4 is 0 Å². The lowest BCUT2D eigenvalue weighted by molar-refractivity contribution is -0.192. The van der Waals surface area contributed by atoms with Crippen LogP contribution in [0.2, 0.25) is 0 Å². The monoisotopic (exact) mass is 423 g/mol. The van der Waals surface area contributed by atoms with Crippen molar-refractivity contribution in [3.63, 3.8) is 0 Å². The minimum absolute atomic E-state index is 0.311. The Kier molecular flexibility index (Phi) is 8.34. The number of carboxylic acids is 2. The van der Waals surface area contributed by atoms with Gasteiger partial charge in [0.1, 0.15) is 0 Å². The Labute approximate surface area is 169 Å². The molecule has 2 aliphatic carbocycles. The molecule has 29 heavy (non-hydrogen) atoms. The van der Waals surface area contributed by atoms with Crippen LogP contribution >= 0.6 is 0 Å². The third-order valence-electron chi connectivity index (χ3n) is 6.63. The van der Waals surface area contributed by atoms with Crippen LogP contribution in [0.3, 0.4) is 0 Å². The number of alkyl halides is 3. The molecule has 0 aromatic carbocycles. The number of piperidine rings is 1. The molecule has 0 atom stereocenters. The number of rotatable bonds is 4. The Morgan fingerprint density at radius 3 is 1.83 bits per heavy atom. The van der Waals surface area contributed by atoms with E-state index in [0.29, 0.717) is 18.8 Å². The van der Waals surface area contributed by atoms with Crippen LogP contribution in [0.1, 0.15) is 64.2 Å². The average Bonchev–Trinajstić information content (AvgIpc) is 2.88. The SMILES string of the molecule is O=C(O)C(F)(F)F.O=C(O)C1CC(O)(C2CCN(CC3CCCCCC3)CC2)C1. The van der Waals surface area contributed by atoms with E-state index in [4.69, 9.17) is 15.0 Å². The molecule has 0 aromatic heterocycles. The second kappa shape index (κ2) is 10.1. The Morgan fingerprint density at radius 2 is 1.41 bits per heavy atom. The standard InChI is InChI=1S/C18H31NO3.C2HF3O2/c20-17(21)15-11-18(22,12-15)16-7-9-19(10-8-16)13-14-5-3-1-2-4-6-14;3-2(4,5)1(6)7/h14-16,22H,1-13H2,(H,20,21);(H,6,7). The Balaban J connectivity index is 0.000000370. The van der Waals surface area contributed by atoms with E-state index in [-0.39, 0.29) is 5.92 Å². The molecular formula is C20H32F3NO5. The zero-order valence-corrected chi connectivity index (χ0v) is 16.7. The van der Waals surface area contributed by atoms with Gasteiger partial charge in [-0.1, -0.05) is 25.7 Å². The number of halogens is 3. The first-order chi connectivity index (χ1) is 13.5. The van der Waals surface area contributed by atoms with Crippen molar-refractivity contribution in [2.24, 2.45) is 17.8 Å². The molecular weight excluding hydrogens is 391 g/mol. The number of carboxylic acid groups (broad SMARTS) is 2. The van der Waals surface area contributed by atoms with Crippen molar-refractivity contribution in [3.05, 3.63) is 0 Å². The van der Waals surface area contributed by atoms with Gasteiger partial charge >= 0.3 is 18.1 Å². The predicted molar refractivity (Wildman–Crippen MR) is 99.4 cm³/mol. The maximum Gasteiger partial charge on any atom is 0.490 e. The number of aliphatic carboxylic acids is 2. The Bertz CT molecular complexity index is 547. The summed E-state index contributed by atoms with van der Waals surface area (Å²) in [4.78, 5) is 22.4. The van der Waals surface area contributed by atoms with Crippen molar-refractivity contribution in [2.45, 2.75) is 76.0 Å². The van der Waals surface area contributed by atoms with Crippen LogP contribution in [0.5, 0.6) is 0 Å². The van der Waals surface area contributed by atoms with Crippen molar-refractivity contribution in [2.75, 3.05) is 19.6 Å². The first kappa shape index (κ1) is 23.9. The molecule has 0 unspecified atom stereocenters. The molecule has 1 saturated heterocycles. The zero-order chi connectivity index (χ0) is 21.7. The summed E-state index contributed by atoms with van der Waals surface area (Å²) in [5.74, 6) is -2.62. The molecule has 3 aliphatic rings. The quantitative estimate of drug-likeness (QED) is 0.599. The lowest BCUT2D eigenvalue weighted by Crippen LogP contribution is -2.55. The zero-order valence-electron chi connectivity index (χ0n) is 16.7. The molecule has 3 N–H and O–H groups in total. The van der Waals surface area contributed by atoms with Crippen molar-refractivity contribution in [3.8, 4) is 0 Å². The fourth-order valence-corrected chi connectivity index (χ4v) is 4.87. The maximum absolute atomic E-state index is 10.9. The van der Waals surface area contributed by atoms with E-state index < -0.39 is 23.7 Å². The van der Waals surface area contributed by atoms with E-state index in [1.54, 1.807) is 0 Å². The topological polar surface area (TPSA) is 98.1 Å². The predicted octanol–water partition coefficient (Wildman–Crippen LogP) is 3.53. The van der Waals surface area contributed by atoms with Gasteiger partial charge < -0.3 is 20.2 Å². The average molecular weight is 423 g/mol. The lowest BCUT2D eigenvalue weighted by Gasteiger charge is -2.49. The highest BCUT2D eigenvalue weighted by molar-refractivity contribution is 5.73. The minimum Gasteiger partial charge on any atom is -0.481 e. The van der Waals surface area contributed by atoms with Gasteiger partial charge in [-0.2, -0.15) is 13.2 Å². The van der Waals surface area contributed by atoms with Gasteiger partial charge in [0.15, 0.2) is 0 Å². The summed E-state index contributed by atoms with van der Waals surface area (Å²) in [5.41, 5.74) is -0.683. The van der Waals surface area contributed by atoms with Crippen molar-refractivity contribution >= 4 is 11.9 Å². The van der Waals surface area contributed by atoms with E-state index in [1.165, 1.54) is 45.1 Å². The van der Waals surface area contributed by atoms with Gasteiger partial charge in [0, 0.05) is 6.54 Å². The third-order valence-corrected chi connectivity index (χ3v) is 6.63. The molecule has 3 rings (SSSR count). The number of hydrogen-bond donors (Lipinski definition) is 3. The second-order valence-corrected chi connectivity index (χ2v) is 8.78. The van der Waals surface area contributed by atoms with E-state index >= 15 is 0 Å². The van der Waals surface area contributed by atoms with Crippen LogP contribution in [0.15, 0.2) is 0 Å². The van der Waals surface area contributed by atoms with Gasteiger partial charge in [-0.15, -0.1) is 0 Å². The third kappa shape index (κ3) is 7.13. The van der Waals surface area contributed by atoms with Crippen LogP contribution in [0, 0.1) is 17.8 Å². The number of aliphatic hydroxyl groups is 1. The van der Waals surface area contributed by atoms with Gasteiger partial charge in [0.05, 0.1) is 11.5 Å². The first-order valence-electron chi connectivity index (χ1n) is 10.5. The second-order valence-electron chi connectivity index (χ2n) is 8.78. The summed E-state index contributed by atoms with van der Waals surface area (Å²) < 4.78 is 31.7. The summed E-state index contributed by atoms with van der Waals surface area (Å²) in [6.07, 6.45) is 6.34. The fraction of sp³-hybridized carbons (Fsp3) is 0.900. The number of nitrogens with zero attached hydrogens (tertiary/aromatic N) is 1. The molecule has 0 amide bonds. The summed E-state index contributed by atoms with van der Waals surface area (Å²) in [5, 5.41) is 26.7. The molecule has 0 radical (unpaired) electrons. The van der Waals surface area contributed by atoms with Gasteiger partial charge in [-0.3, -0.25) is 4.79 Å². The Hall–Kier alpha value is -1.35. The lowest BCUT2D eigenvalue weighted by atomic mass is 9.62. The van der Waals surface area contributed by atoms with E-state index in [9.17, 15) is 23.1 Å². The van der Waals surface area contributed by atoms with Crippen LogP contribution in [-0.4, -0.2) is 63.6 Å². The highest BCUT2D eigenvalue weighted by Crippen LogP contribution is 2.46. The summed E-state index contributed by atoms with van der Waals surface area (Å²) in [6, 6.07) is 0. The van der Waals surface area contributed by atoms with Crippen molar-refractivity contribution in [1.82, 2.24) is 4.90 Å². The molecule has 3 fully saturated rings.